The lowest BCUT2D eigenvalue weighted by molar-refractivity contribution is -0.139. The number of hydrogen-bond donors (Lipinski definition) is 1. The summed E-state index contributed by atoms with van der Waals surface area (Å²) in [5.74, 6) is -0.731. The molecule has 126 valence electrons. The number of piperidine rings is 1. The van der Waals surface area contributed by atoms with Crippen LogP contribution in [0.4, 0.5) is 0 Å². The Morgan fingerprint density at radius 3 is 2.52 bits per heavy atom. The number of hydrogen-bond acceptors (Lipinski definition) is 3. The van der Waals surface area contributed by atoms with Crippen LogP contribution < -0.4 is 0 Å². The normalized spacial score (nSPS) is 15.9. The lowest BCUT2D eigenvalue weighted by Crippen LogP contribution is -2.48. The summed E-state index contributed by atoms with van der Waals surface area (Å²) in [4.78, 5) is 27.4. The van der Waals surface area contributed by atoms with Crippen LogP contribution >= 0.6 is 15.9 Å². The minimum Gasteiger partial charge on any atom is -0.480 e. The van der Waals surface area contributed by atoms with E-state index < -0.39 is 5.97 Å². The first-order valence-corrected chi connectivity index (χ1v) is 8.73. The smallest absolute Gasteiger partial charge is 0.317 e. The van der Waals surface area contributed by atoms with E-state index in [-0.39, 0.29) is 18.5 Å². The largest absolute Gasteiger partial charge is 0.480 e. The Morgan fingerprint density at radius 1 is 1.35 bits per heavy atom. The summed E-state index contributed by atoms with van der Waals surface area (Å²) in [6.45, 7) is 6.06. The van der Waals surface area contributed by atoms with Crippen molar-refractivity contribution in [2.75, 3.05) is 26.2 Å². The van der Waals surface area contributed by atoms with Crippen molar-refractivity contribution in [3.63, 3.8) is 0 Å². The molecule has 2 rings (SSSR count). The average Bonchev–Trinajstić information content (AvgIpc) is 2.52. The fourth-order valence-electron chi connectivity index (χ4n) is 3.14. The molecule has 1 N–H and O–H groups in total. The molecule has 0 spiro atoms. The second-order valence-corrected chi connectivity index (χ2v) is 6.86. The highest BCUT2D eigenvalue weighted by Gasteiger charge is 2.28. The standard InChI is InChI=1S/C17H23BrN2O3/c1-3-19(11-16(21)22)14-6-8-20(9-7-14)17(23)15-5-4-13(18)10-12(15)2/h4-5,10,14H,3,6-9,11H2,1-2H3,(H,21,22). The van der Waals surface area contributed by atoms with Gasteiger partial charge in [-0.1, -0.05) is 22.9 Å². The number of halogens is 1. The summed E-state index contributed by atoms with van der Waals surface area (Å²) in [5.41, 5.74) is 1.71. The number of likely N-dealkylation sites (N-methyl/N-ethyl adjacent to an activating group) is 1. The Balaban J connectivity index is 1.98. The maximum absolute atomic E-state index is 12.7. The van der Waals surface area contributed by atoms with Gasteiger partial charge < -0.3 is 10.0 Å². The molecule has 0 aliphatic carbocycles. The summed E-state index contributed by atoms with van der Waals surface area (Å²) < 4.78 is 0.970. The van der Waals surface area contributed by atoms with Crippen LogP contribution in [0.5, 0.6) is 0 Å². The number of rotatable bonds is 5. The van der Waals surface area contributed by atoms with E-state index in [0.29, 0.717) is 13.1 Å². The number of aryl methyl sites for hydroxylation is 1. The highest BCUT2D eigenvalue weighted by Crippen LogP contribution is 2.21. The van der Waals surface area contributed by atoms with E-state index in [2.05, 4.69) is 15.9 Å². The zero-order chi connectivity index (χ0) is 17.0. The zero-order valence-electron chi connectivity index (χ0n) is 13.6. The predicted octanol–water partition coefficient (Wildman–Crippen LogP) is 2.77. The molecule has 1 amide bonds. The van der Waals surface area contributed by atoms with Crippen molar-refractivity contribution in [2.45, 2.75) is 32.7 Å². The van der Waals surface area contributed by atoms with Gasteiger partial charge in [0.15, 0.2) is 0 Å². The number of likely N-dealkylation sites (tertiary alicyclic amines) is 1. The van der Waals surface area contributed by atoms with Gasteiger partial charge in [-0.2, -0.15) is 0 Å². The molecular weight excluding hydrogens is 360 g/mol. The molecule has 1 aromatic carbocycles. The van der Waals surface area contributed by atoms with Crippen LogP contribution in [0.3, 0.4) is 0 Å². The lowest BCUT2D eigenvalue weighted by atomic mass is 10.0. The summed E-state index contributed by atoms with van der Waals surface area (Å²) in [7, 11) is 0. The summed E-state index contributed by atoms with van der Waals surface area (Å²) >= 11 is 3.41. The number of carboxylic acids is 1. The second kappa shape index (κ2) is 7.93. The van der Waals surface area contributed by atoms with Crippen LogP contribution in [0.1, 0.15) is 35.7 Å². The fraction of sp³-hybridized carbons (Fsp3) is 0.529. The van der Waals surface area contributed by atoms with Crippen LogP contribution in [0.25, 0.3) is 0 Å². The van der Waals surface area contributed by atoms with Crippen LogP contribution in [0, 0.1) is 6.92 Å². The maximum atomic E-state index is 12.7. The third-order valence-corrected chi connectivity index (χ3v) is 4.92. The Morgan fingerprint density at radius 2 is 2.00 bits per heavy atom. The number of carbonyl (C=O) groups excluding carboxylic acids is 1. The van der Waals surface area contributed by atoms with Gasteiger partial charge in [0.2, 0.25) is 0 Å². The van der Waals surface area contributed by atoms with E-state index in [1.54, 1.807) is 0 Å². The average molecular weight is 383 g/mol. The third-order valence-electron chi connectivity index (χ3n) is 4.43. The zero-order valence-corrected chi connectivity index (χ0v) is 15.2. The molecular formula is C17H23BrN2O3. The molecule has 0 saturated carbocycles. The number of nitrogens with zero attached hydrogens (tertiary/aromatic N) is 2. The van der Waals surface area contributed by atoms with Gasteiger partial charge in [-0.15, -0.1) is 0 Å². The summed E-state index contributed by atoms with van der Waals surface area (Å²) in [6.07, 6.45) is 1.64. The van der Waals surface area contributed by atoms with Crippen molar-refractivity contribution in [3.8, 4) is 0 Å². The Kier molecular flexibility index (Phi) is 6.18. The summed E-state index contributed by atoms with van der Waals surface area (Å²) in [5, 5.41) is 8.98. The number of amides is 1. The first-order valence-electron chi connectivity index (χ1n) is 7.93. The van der Waals surface area contributed by atoms with Gasteiger partial charge in [0.05, 0.1) is 6.54 Å². The van der Waals surface area contributed by atoms with Crippen LogP contribution in [0.15, 0.2) is 22.7 Å². The van der Waals surface area contributed by atoms with E-state index in [0.717, 1.165) is 35.0 Å². The predicted molar refractivity (Wildman–Crippen MR) is 92.7 cm³/mol. The number of carbonyl (C=O) groups is 2. The van der Waals surface area contributed by atoms with Crippen LogP contribution in [-0.2, 0) is 4.79 Å². The number of aliphatic carboxylic acids is 1. The van der Waals surface area contributed by atoms with Gasteiger partial charge in [-0.05, 0) is 50.1 Å². The molecule has 6 heteroatoms. The first-order chi connectivity index (χ1) is 10.9. The molecule has 1 aliphatic heterocycles. The van der Waals surface area contributed by atoms with Gasteiger partial charge in [-0.25, -0.2) is 0 Å². The van der Waals surface area contributed by atoms with E-state index in [4.69, 9.17) is 5.11 Å². The Bertz CT molecular complexity index is 583. The minimum absolute atomic E-state index is 0.0646. The highest BCUT2D eigenvalue weighted by atomic mass is 79.9. The molecule has 1 fully saturated rings. The maximum Gasteiger partial charge on any atom is 0.317 e. The molecule has 0 unspecified atom stereocenters. The van der Waals surface area contributed by atoms with Gasteiger partial charge in [0, 0.05) is 29.2 Å². The molecule has 5 nitrogen and oxygen atoms in total. The van der Waals surface area contributed by atoms with Crippen molar-refractivity contribution in [3.05, 3.63) is 33.8 Å². The fourth-order valence-corrected chi connectivity index (χ4v) is 3.62. The molecule has 0 aromatic heterocycles. The van der Waals surface area contributed by atoms with E-state index in [1.165, 1.54) is 0 Å². The van der Waals surface area contributed by atoms with Crippen molar-refractivity contribution in [1.82, 2.24) is 9.80 Å². The van der Waals surface area contributed by atoms with E-state index >= 15 is 0 Å². The third kappa shape index (κ3) is 4.54. The number of carboxylic acid groups (broad SMARTS) is 1. The molecule has 1 heterocycles. The summed E-state index contributed by atoms with van der Waals surface area (Å²) in [6, 6.07) is 5.94. The molecule has 1 saturated heterocycles. The molecule has 0 radical (unpaired) electrons. The van der Waals surface area contributed by atoms with Crippen molar-refractivity contribution in [2.24, 2.45) is 0 Å². The second-order valence-electron chi connectivity index (χ2n) is 5.94. The SMILES string of the molecule is CCN(CC(=O)O)C1CCN(C(=O)c2ccc(Br)cc2C)CC1. The molecule has 0 bridgehead atoms. The van der Waals surface area contributed by atoms with Crippen molar-refractivity contribution in [1.29, 1.82) is 0 Å². The van der Waals surface area contributed by atoms with Crippen LogP contribution in [-0.4, -0.2) is 59.0 Å². The number of benzene rings is 1. The first kappa shape index (κ1) is 17.9. The van der Waals surface area contributed by atoms with Gasteiger partial charge >= 0.3 is 5.97 Å². The lowest BCUT2D eigenvalue weighted by Gasteiger charge is -2.37. The molecule has 1 aromatic rings. The van der Waals surface area contributed by atoms with E-state index in [1.807, 2.05) is 41.8 Å². The van der Waals surface area contributed by atoms with Crippen molar-refractivity contribution < 1.29 is 14.7 Å². The van der Waals surface area contributed by atoms with Gasteiger partial charge in [-0.3, -0.25) is 14.5 Å². The topological polar surface area (TPSA) is 60.9 Å². The monoisotopic (exact) mass is 382 g/mol. The highest BCUT2D eigenvalue weighted by molar-refractivity contribution is 9.10. The Labute approximate surface area is 145 Å². The van der Waals surface area contributed by atoms with Gasteiger partial charge in [0.1, 0.15) is 0 Å². The molecule has 0 atom stereocenters. The Hall–Kier alpha value is -1.40. The van der Waals surface area contributed by atoms with Crippen molar-refractivity contribution >= 4 is 27.8 Å². The molecule has 23 heavy (non-hydrogen) atoms. The van der Waals surface area contributed by atoms with E-state index in [9.17, 15) is 9.59 Å². The molecule has 1 aliphatic rings. The quantitative estimate of drug-likeness (QED) is 0.850. The van der Waals surface area contributed by atoms with Crippen LogP contribution in [0.2, 0.25) is 0 Å². The van der Waals surface area contributed by atoms with Gasteiger partial charge in [0.25, 0.3) is 5.91 Å². The minimum atomic E-state index is -0.796.